The third-order valence-corrected chi connectivity index (χ3v) is 2.71. The molecule has 0 bridgehead atoms. The van der Waals surface area contributed by atoms with Crippen molar-refractivity contribution in [2.24, 2.45) is 7.05 Å². The number of alkyl halides is 3. The van der Waals surface area contributed by atoms with Crippen molar-refractivity contribution in [3.05, 3.63) is 36.2 Å². The Bertz CT molecular complexity index is 596. The molecular weight excluding hydrogens is 318 g/mol. The van der Waals surface area contributed by atoms with Gasteiger partial charge < -0.3 is 4.74 Å². The Balaban J connectivity index is 2.26. The average Bonchev–Trinajstić information content (AvgIpc) is 2.71. The number of benzene rings is 1. The minimum Gasteiger partial charge on any atom is -0.453 e. The molecule has 9 heteroatoms. The monoisotopic (exact) mass is 325 g/mol. The lowest BCUT2D eigenvalue weighted by Gasteiger charge is -2.09. The van der Waals surface area contributed by atoms with Crippen LogP contribution in [0.5, 0.6) is 11.5 Å². The predicted molar refractivity (Wildman–Crippen MR) is 68.9 cm³/mol. The molecular formula is C11H8Cl2F3N3O. The highest BCUT2D eigenvalue weighted by Gasteiger charge is 2.38. The van der Waals surface area contributed by atoms with Crippen LogP contribution in [0, 0.1) is 0 Å². The number of aryl methyl sites for hydroxylation is 1. The van der Waals surface area contributed by atoms with Gasteiger partial charge in [0.25, 0.3) is 0 Å². The molecule has 1 aromatic carbocycles. The molecule has 0 spiro atoms. The van der Waals surface area contributed by atoms with Gasteiger partial charge in [-0.1, -0.05) is 0 Å². The summed E-state index contributed by atoms with van der Waals surface area (Å²) < 4.78 is 45.3. The molecule has 0 aliphatic heterocycles. The zero-order valence-electron chi connectivity index (χ0n) is 10.0. The number of anilines is 1. The second kappa shape index (κ2) is 5.41. The van der Waals surface area contributed by atoms with E-state index in [1.165, 1.54) is 31.3 Å². The average molecular weight is 326 g/mol. The van der Waals surface area contributed by atoms with Crippen molar-refractivity contribution in [3.8, 4) is 11.5 Å². The van der Waals surface area contributed by atoms with Gasteiger partial charge in [0.15, 0.2) is 5.75 Å². The highest BCUT2D eigenvalue weighted by atomic mass is 35.5. The van der Waals surface area contributed by atoms with Crippen LogP contribution in [-0.4, -0.2) is 9.78 Å². The topological polar surface area (TPSA) is 30.3 Å². The van der Waals surface area contributed by atoms with E-state index in [1.54, 1.807) is 0 Å². The van der Waals surface area contributed by atoms with E-state index in [-0.39, 0.29) is 11.5 Å². The molecule has 0 atom stereocenters. The molecule has 0 unspecified atom stereocenters. The summed E-state index contributed by atoms with van der Waals surface area (Å²) in [7, 11) is 1.38. The van der Waals surface area contributed by atoms with Crippen LogP contribution in [0.4, 0.5) is 18.9 Å². The van der Waals surface area contributed by atoms with Crippen molar-refractivity contribution in [3.63, 3.8) is 0 Å². The molecule has 0 saturated carbocycles. The minimum absolute atomic E-state index is 0.211. The van der Waals surface area contributed by atoms with Crippen LogP contribution in [0.1, 0.15) is 5.69 Å². The fourth-order valence-electron chi connectivity index (χ4n) is 1.49. The number of nitrogens with zero attached hydrogens (tertiary/aromatic N) is 3. The van der Waals surface area contributed by atoms with Crippen LogP contribution in [0.2, 0.25) is 0 Å². The number of rotatable bonds is 3. The zero-order valence-corrected chi connectivity index (χ0v) is 11.5. The third kappa shape index (κ3) is 3.29. The molecule has 4 nitrogen and oxygen atoms in total. The van der Waals surface area contributed by atoms with E-state index in [0.29, 0.717) is 5.69 Å². The summed E-state index contributed by atoms with van der Waals surface area (Å²) in [5.74, 6) is -0.163. The molecule has 0 fully saturated rings. The maximum absolute atomic E-state index is 12.7. The first-order valence-corrected chi connectivity index (χ1v) is 5.95. The first-order chi connectivity index (χ1) is 9.27. The van der Waals surface area contributed by atoms with Crippen LogP contribution in [0.25, 0.3) is 0 Å². The molecule has 1 heterocycles. The van der Waals surface area contributed by atoms with Crippen LogP contribution in [-0.2, 0) is 13.2 Å². The lowest BCUT2D eigenvalue weighted by molar-refractivity contribution is -0.142. The molecule has 2 aromatic rings. The van der Waals surface area contributed by atoms with Gasteiger partial charge in [-0.2, -0.15) is 22.2 Å². The van der Waals surface area contributed by atoms with Gasteiger partial charge in [0.2, 0.25) is 5.69 Å². The molecule has 0 amide bonds. The number of ether oxygens (including phenoxy) is 1. The summed E-state index contributed by atoms with van der Waals surface area (Å²) in [5.41, 5.74) is -0.622. The van der Waals surface area contributed by atoms with E-state index in [0.717, 1.165) is 14.8 Å². The normalized spacial score (nSPS) is 11.5. The zero-order chi connectivity index (χ0) is 14.9. The van der Waals surface area contributed by atoms with Crippen LogP contribution in [0.15, 0.2) is 30.5 Å². The maximum atomic E-state index is 12.7. The van der Waals surface area contributed by atoms with Crippen molar-refractivity contribution in [1.29, 1.82) is 0 Å². The summed E-state index contributed by atoms with van der Waals surface area (Å²) >= 11 is 11.0. The number of hydrogen-bond acceptors (Lipinski definition) is 3. The first kappa shape index (κ1) is 14.8. The number of hydrogen-bond donors (Lipinski definition) is 0. The summed E-state index contributed by atoms with van der Waals surface area (Å²) in [6.07, 6.45) is -3.44. The summed E-state index contributed by atoms with van der Waals surface area (Å²) in [6, 6.07) is 5.89. The van der Waals surface area contributed by atoms with E-state index in [9.17, 15) is 13.2 Å². The second-order valence-electron chi connectivity index (χ2n) is 3.84. The van der Waals surface area contributed by atoms with Crippen LogP contribution < -0.4 is 8.67 Å². The second-order valence-corrected chi connectivity index (χ2v) is 4.69. The molecule has 0 aliphatic carbocycles. The van der Waals surface area contributed by atoms with Gasteiger partial charge in [-0.25, -0.2) is 0 Å². The molecule has 20 heavy (non-hydrogen) atoms. The van der Waals surface area contributed by atoms with Gasteiger partial charge in [0.05, 0.1) is 11.9 Å². The highest BCUT2D eigenvalue weighted by molar-refractivity contribution is 6.49. The predicted octanol–water partition coefficient (Wildman–Crippen LogP) is 4.35. The Morgan fingerprint density at radius 2 is 1.80 bits per heavy atom. The van der Waals surface area contributed by atoms with Crippen molar-refractivity contribution < 1.29 is 17.9 Å². The van der Waals surface area contributed by atoms with E-state index >= 15 is 0 Å². The van der Waals surface area contributed by atoms with E-state index < -0.39 is 11.9 Å². The molecule has 108 valence electrons. The fourth-order valence-corrected chi connectivity index (χ4v) is 1.72. The van der Waals surface area contributed by atoms with Crippen molar-refractivity contribution in [2.75, 3.05) is 3.94 Å². The Kier molecular flexibility index (Phi) is 4.01. The number of aromatic nitrogens is 2. The Labute approximate surface area is 122 Å². The smallest absolute Gasteiger partial charge is 0.438 e. The molecule has 1 aromatic heterocycles. The minimum atomic E-state index is -4.58. The van der Waals surface area contributed by atoms with Crippen molar-refractivity contribution in [2.45, 2.75) is 6.18 Å². The van der Waals surface area contributed by atoms with Gasteiger partial charge in [0.1, 0.15) is 5.75 Å². The largest absolute Gasteiger partial charge is 0.453 e. The molecule has 0 saturated heterocycles. The number of halogens is 5. The van der Waals surface area contributed by atoms with Gasteiger partial charge in [-0.3, -0.25) is 4.68 Å². The summed E-state index contributed by atoms with van der Waals surface area (Å²) in [4.78, 5) is 0. The lowest BCUT2D eigenvalue weighted by atomic mass is 10.3. The van der Waals surface area contributed by atoms with E-state index in [1.807, 2.05) is 0 Å². The van der Waals surface area contributed by atoms with E-state index in [4.69, 9.17) is 28.3 Å². The van der Waals surface area contributed by atoms with Gasteiger partial charge in [-0.05, 0) is 24.3 Å². The molecule has 0 aliphatic rings. The third-order valence-electron chi connectivity index (χ3n) is 2.32. The first-order valence-electron chi connectivity index (χ1n) is 5.28. The van der Waals surface area contributed by atoms with E-state index in [2.05, 4.69) is 5.10 Å². The Hall–Kier alpha value is -1.60. The van der Waals surface area contributed by atoms with Gasteiger partial charge in [0, 0.05) is 30.6 Å². The SMILES string of the molecule is Cn1cc(Oc2ccc(N(Cl)Cl)cc2)c(C(F)(F)F)n1. The molecule has 2 rings (SSSR count). The Morgan fingerprint density at radius 1 is 1.20 bits per heavy atom. The summed E-state index contributed by atoms with van der Waals surface area (Å²) in [5, 5.41) is 3.34. The van der Waals surface area contributed by atoms with Crippen molar-refractivity contribution >= 4 is 29.2 Å². The van der Waals surface area contributed by atoms with Crippen LogP contribution >= 0.6 is 23.6 Å². The maximum Gasteiger partial charge on any atom is 0.438 e. The van der Waals surface area contributed by atoms with Gasteiger partial charge in [-0.15, -0.1) is 0 Å². The Morgan fingerprint density at radius 3 is 2.30 bits per heavy atom. The molecule has 0 radical (unpaired) electrons. The van der Waals surface area contributed by atoms with Crippen molar-refractivity contribution in [1.82, 2.24) is 9.78 Å². The van der Waals surface area contributed by atoms with Gasteiger partial charge >= 0.3 is 6.18 Å². The highest BCUT2D eigenvalue weighted by Crippen LogP contribution is 2.37. The summed E-state index contributed by atoms with van der Waals surface area (Å²) in [6.45, 7) is 0. The fraction of sp³-hybridized carbons (Fsp3) is 0.182. The standard InChI is InChI=1S/C11H8Cl2F3N3O/c1-18-6-9(10(17-18)11(14,15)16)20-8-4-2-7(3-5-8)19(12)13/h2-6H,1H3. The van der Waals surface area contributed by atoms with Crippen LogP contribution in [0.3, 0.4) is 0 Å². The molecule has 0 N–H and O–H groups in total. The quantitative estimate of drug-likeness (QED) is 0.786. The lowest BCUT2D eigenvalue weighted by Crippen LogP contribution is -2.08.